The Bertz CT molecular complexity index is 1020. The van der Waals surface area contributed by atoms with Gasteiger partial charge in [-0.05, 0) is 54.2 Å². The molecule has 1 amide bonds. The summed E-state index contributed by atoms with van der Waals surface area (Å²) in [4.78, 5) is 14.4. The van der Waals surface area contributed by atoms with E-state index in [0.717, 1.165) is 52.7 Å². The van der Waals surface area contributed by atoms with Gasteiger partial charge in [0.05, 0.1) is 24.0 Å². The standard InChI is InChI=1S/C22H21F3N2O2/c1-13(28)27-21-11-26-20-7-2-14(8-19(20)21)12-29-18-9-16(10-18)15-3-5-17(6-4-15)22(23,24)25/h2-8,11,16,18,26H,9-10,12H2,1H3,(H,27,28). The van der Waals surface area contributed by atoms with Gasteiger partial charge < -0.3 is 15.0 Å². The van der Waals surface area contributed by atoms with E-state index >= 15 is 0 Å². The van der Waals surface area contributed by atoms with Gasteiger partial charge in [-0.1, -0.05) is 18.2 Å². The average molecular weight is 402 g/mol. The highest BCUT2D eigenvalue weighted by Crippen LogP contribution is 2.40. The summed E-state index contributed by atoms with van der Waals surface area (Å²) < 4.78 is 43.9. The number of benzene rings is 2. The number of carbonyl (C=O) groups excluding carboxylic acids is 1. The number of rotatable bonds is 5. The van der Waals surface area contributed by atoms with Crippen molar-refractivity contribution >= 4 is 22.5 Å². The van der Waals surface area contributed by atoms with Crippen molar-refractivity contribution in [3.05, 3.63) is 65.4 Å². The van der Waals surface area contributed by atoms with Crippen molar-refractivity contribution in [3.8, 4) is 0 Å². The second-order valence-corrected chi connectivity index (χ2v) is 7.48. The van der Waals surface area contributed by atoms with Crippen molar-refractivity contribution in [2.45, 2.75) is 44.6 Å². The molecule has 0 unspecified atom stereocenters. The van der Waals surface area contributed by atoms with Gasteiger partial charge in [0.2, 0.25) is 5.91 Å². The summed E-state index contributed by atoms with van der Waals surface area (Å²) >= 11 is 0. The fourth-order valence-corrected chi connectivity index (χ4v) is 3.68. The van der Waals surface area contributed by atoms with E-state index in [2.05, 4.69) is 10.3 Å². The SMILES string of the molecule is CC(=O)Nc1c[nH]c2ccc(COC3CC(c4ccc(C(F)(F)F)cc4)C3)cc12. The molecule has 0 saturated heterocycles. The van der Waals surface area contributed by atoms with Gasteiger partial charge in [0, 0.05) is 24.0 Å². The summed E-state index contributed by atoms with van der Waals surface area (Å²) in [6, 6.07) is 11.3. The van der Waals surface area contributed by atoms with Gasteiger partial charge in [-0.3, -0.25) is 4.79 Å². The monoisotopic (exact) mass is 402 g/mol. The number of fused-ring (bicyclic) bond motifs is 1. The molecule has 1 aliphatic rings. The minimum atomic E-state index is -4.30. The number of hydrogen-bond donors (Lipinski definition) is 2. The molecule has 7 heteroatoms. The van der Waals surface area contributed by atoms with Crippen LogP contribution in [0.4, 0.5) is 18.9 Å². The summed E-state index contributed by atoms with van der Waals surface area (Å²) in [5.74, 6) is 0.108. The summed E-state index contributed by atoms with van der Waals surface area (Å²) in [6.45, 7) is 1.92. The van der Waals surface area contributed by atoms with Crippen molar-refractivity contribution in [2.24, 2.45) is 0 Å². The Morgan fingerprint density at radius 3 is 2.55 bits per heavy atom. The van der Waals surface area contributed by atoms with Crippen LogP contribution in [0.5, 0.6) is 0 Å². The molecule has 0 atom stereocenters. The Kier molecular flexibility index (Phi) is 5.08. The summed E-state index contributed by atoms with van der Waals surface area (Å²) in [7, 11) is 0. The molecular weight excluding hydrogens is 381 g/mol. The maximum absolute atomic E-state index is 12.7. The van der Waals surface area contributed by atoms with Gasteiger partial charge in [0.15, 0.2) is 0 Å². The molecule has 1 aromatic heterocycles. The number of halogens is 3. The Morgan fingerprint density at radius 2 is 1.90 bits per heavy atom. The Hall–Kier alpha value is -2.80. The molecule has 1 fully saturated rings. The normalized spacial score (nSPS) is 19.2. The zero-order chi connectivity index (χ0) is 20.6. The van der Waals surface area contributed by atoms with E-state index in [1.165, 1.54) is 6.92 Å². The van der Waals surface area contributed by atoms with Crippen molar-refractivity contribution in [3.63, 3.8) is 0 Å². The first-order valence-electron chi connectivity index (χ1n) is 9.46. The zero-order valence-corrected chi connectivity index (χ0v) is 15.8. The predicted molar refractivity (Wildman–Crippen MR) is 105 cm³/mol. The fourth-order valence-electron chi connectivity index (χ4n) is 3.68. The van der Waals surface area contributed by atoms with E-state index in [-0.39, 0.29) is 17.9 Å². The van der Waals surface area contributed by atoms with Crippen molar-refractivity contribution < 1.29 is 22.7 Å². The summed E-state index contributed by atoms with van der Waals surface area (Å²) in [5, 5.41) is 3.73. The third-order valence-electron chi connectivity index (χ3n) is 5.35. The second kappa shape index (κ2) is 7.55. The largest absolute Gasteiger partial charge is 0.416 e. The van der Waals surface area contributed by atoms with Crippen molar-refractivity contribution in [1.29, 1.82) is 0 Å². The lowest BCUT2D eigenvalue weighted by molar-refractivity contribution is -0.137. The molecule has 29 heavy (non-hydrogen) atoms. The Morgan fingerprint density at radius 1 is 1.17 bits per heavy atom. The van der Waals surface area contributed by atoms with Gasteiger partial charge >= 0.3 is 6.18 Å². The van der Waals surface area contributed by atoms with Crippen LogP contribution >= 0.6 is 0 Å². The van der Waals surface area contributed by atoms with E-state index in [4.69, 9.17) is 4.74 Å². The van der Waals surface area contributed by atoms with Gasteiger partial charge in [-0.15, -0.1) is 0 Å². The van der Waals surface area contributed by atoms with Gasteiger partial charge in [0.1, 0.15) is 0 Å². The second-order valence-electron chi connectivity index (χ2n) is 7.48. The average Bonchev–Trinajstić information content (AvgIpc) is 3.02. The van der Waals surface area contributed by atoms with Gasteiger partial charge in [0.25, 0.3) is 0 Å². The van der Waals surface area contributed by atoms with E-state index in [1.807, 2.05) is 18.2 Å². The van der Waals surface area contributed by atoms with Gasteiger partial charge in [-0.25, -0.2) is 0 Å². The number of aromatic amines is 1. The quantitative estimate of drug-likeness (QED) is 0.583. The number of hydrogen-bond acceptors (Lipinski definition) is 2. The molecule has 4 nitrogen and oxygen atoms in total. The molecule has 0 radical (unpaired) electrons. The van der Waals surface area contributed by atoms with Crippen LogP contribution in [0, 0.1) is 0 Å². The molecule has 4 rings (SSSR count). The minimum absolute atomic E-state index is 0.0963. The van der Waals surface area contributed by atoms with Crippen LogP contribution in [0.1, 0.15) is 42.4 Å². The number of alkyl halides is 3. The van der Waals surface area contributed by atoms with Crippen molar-refractivity contribution in [1.82, 2.24) is 4.98 Å². The minimum Gasteiger partial charge on any atom is -0.373 e. The molecule has 2 N–H and O–H groups in total. The van der Waals surface area contributed by atoms with Crippen molar-refractivity contribution in [2.75, 3.05) is 5.32 Å². The van der Waals surface area contributed by atoms with Crippen LogP contribution in [0.3, 0.4) is 0 Å². The third kappa shape index (κ3) is 4.29. The molecule has 1 heterocycles. The van der Waals surface area contributed by atoms with E-state index in [0.29, 0.717) is 6.61 Å². The first kappa shape index (κ1) is 19.5. The number of anilines is 1. The number of aromatic nitrogens is 1. The molecule has 3 aromatic rings. The third-order valence-corrected chi connectivity index (χ3v) is 5.35. The van der Waals surface area contributed by atoms with E-state index < -0.39 is 11.7 Å². The molecule has 0 aliphatic heterocycles. The fraction of sp³-hybridized carbons (Fsp3) is 0.318. The molecule has 0 spiro atoms. The van der Waals surface area contributed by atoms with Gasteiger partial charge in [-0.2, -0.15) is 13.2 Å². The lowest BCUT2D eigenvalue weighted by Crippen LogP contribution is -2.29. The number of H-pyrrole nitrogens is 1. The number of amides is 1. The lowest BCUT2D eigenvalue weighted by atomic mass is 9.77. The van der Waals surface area contributed by atoms with Crippen LogP contribution in [-0.4, -0.2) is 17.0 Å². The van der Waals surface area contributed by atoms with E-state index in [1.54, 1.807) is 18.3 Å². The number of ether oxygens (including phenoxy) is 1. The van der Waals surface area contributed by atoms with Crippen LogP contribution in [0.15, 0.2) is 48.7 Å². The zero-order valence-electron chi connectivity index (χ0n) is 15.8. The highest BCUT2D eigenvalue weighted by atomic mass is 19.4. The van der Waals surface area contributed by atoms with Crippen LogP contribution in [0.2, 0.25) is 0 Å². The highest BCUT2D eigenvalue weighted by molar-refractivity contribution is 6.01. The van der Waals surface area contributed by atoms with Crippen LogP contribution < -0.4 is 5.32 Å². The lowest BCUT2D eigenvalue weighted by Gasteiger charge is -2.35. The van der Waals surface area contributed by atoms with Crippen LogP contribution in [-0.2, 0) is 22.3 Å². The Labute approximate surface area is 166 Å². The predicted octanol–water partition coefficient (Wildman–Crippen LogP) is 5.61. The molecular formula is C22H21F3N2O2. The first-order valence-corrected chi connectivity index (χ1v) is 9.46. The first-order chi connectivity index (χ1) is 13.8. The van der Waals surface area contributed by atoms with E-state index in [9.17, 15) is 18.0 Å². The Balaban J connectivity index is 1.32. The molecule has 1 aliphatic carbocycles. The summed E-state index contributed by atoms with van der Waals surface area (Å²) in [6.07, 6.45) is -0.843. The highest BCUT2D eigenvalue weighted by Gasteiger charge is 2.33. The molecule has 2 aromatic carbocycles. The maximum Gasteiger partial charge on any atom is 0.416 e. The number of carbonyl (C=O) groups is 1. The van der Waals surface area contributed by atoms with Crippen LogP contribution in [0.25, 0.3) is 10.9 Å². The molecule has 1 saturated carbocycles. The molecule has 152 valence electrons. The smallest absolute Gasteiger partial charge is 0.373 e. The molecule has 0 bridgehead atoms. The summed E-state index contributed by atoms with van der Waals surface area (Å²) in [5.41, 5.74) is 2.98. The number of nitrogens with one attached hydrogen (secondary N) is 2. The maximum atomic E-state index is 12.7. The topological polar surface area (TPSA) is 54.1 Å².